The van der Waals surface area contributed by atoms with Gasteiger partial charge < -0.3 is 15.5 Å². The van der Waals surface area contributed by atoms with Gasteiger partial charge in [-0.05, 0) is 36.5 Å². The molecular weight excluding hydrogens is 450 g/mol. The number of likely N-dealkylation sites (tertiary alicyclic amines) is 1. The number of aromatic nitrogens is 2. The zero-order valence-electron chi connectivity index (χ0n) is 20.2. The van der Waals surface area contributed by atoms with E-state index in [0.29, 0.717) is 5.92 Å². The highest BCUT2D eigenvalue weighted by atomic mass is 16.2. The van der Waals surface area contributed by atoms with Crippen LogP contribution < -0.4 is 10.6 Å². The van der Waals surface area contributed by atoms with Gasteiger partial charge in [-0.1, -0.05) is 61.4 Å². The third-order valence-electron chi connectivity index (χ3n) is 8.10. The van der Waals surface area contributed by atoms with Gasteiger partial charge in [0.1, 0.15) is 5.69 Å². The summed E-state index contributed by atoms with van der Waals surface area (Å²) in [7, 11) is 0. The number of benzene rings is 2. The molecule has 0 unspecified atom stereocenters. The van der Waals surface area contributed by atoms with Crippen molar-refractivity contribution in [2.24, 2.45) is 11.8 Å². The lowest BCUT2D eigenvalue weighted by molar-refractivity contribution is -0.138. The maximum Gasteiger partial charge on any atom is 0.271 e. The Labute approximate surface area is 211 Å². The van der Waals surface area contributed by atoms with Crippen LogP contribution in [0.2, 0.25) is 0 Å². The van der Waals surface area contributed by atoms with Crippen LogP contribution in [0.4, 0.5) is 5.69 Å². The van der Waals surface area contributed by atoms with Crippen LogP contribution in [-0.2, 0) is 4.79 Å². The minimum absolute atomic E-state index is 0.0263. The molecule has 2 aromatic carbocycles. The zero-order chi connectivity index (χ0) is 24.5. The van der Waals surface area contributed by atoms with Gasteiger partial charge in [0.05, 0.1) is 24.2 Å². The lowest BCUT2D eigenvalue weighted by atomic mass is 9.79. The van der Waals surface area contributed by atoms with Gasteiger partial charge in [0.15, 0.2) is 0 Å². The summed E-state index contributed by atoms with van der Waals surface area (Å²) in [5.74, 6) is -0.0311. The molecule has 6 rings (SSSR count). The molecule has 2 amide bonds. The highest BCUT2D eigenvalue weighted by Crippen LogP contribution is 2.51. The predicted molar refractivity (Wildman–Crippen MR) is 137 cm³/mol. The second-order valence-electron chi connectivity index (χ2n) is 10.1. The molecule has 0 radical (unpaired) electrons. The van der Waals surface area contributed by atoms with Gasteiger partial charge in [0, 0.05) is 36.6 Å². The van der Waals surface area contributed by atoms with E-state index in [2.05, 4.69) is 74.0 Å². The number of hydrogen-bond donors (Lipinski definition) is 2. The molecule has 0 bridgehead atoms. The van der Waals surface area contributed by atoms with Gasteiger partial charge in [-0.3, -0.25) is 14.6 Å². The second kappa shape index (κ2) is 9.72. The molecule has 1 aliphatic carbocycles. The summed E-state index contributed by atoms with van der Waals surface area (Å²) in [6, 6.07) is 18.9. The minimum Gasteiger partial charge on any atom is -0.378 e. The Hall–Kier alpha value is -3.74. The molecule has 2 fully saturated rings. The van der Waals surface area contributed by atoms with E-state index >= 15 is 0 Å². The first-order valence-electron chi connectivity index (χ1n) is 13.0. The summed E-state index contributed by atoms with van der Waals surface area (Å²) in [4.78, 5) is 37.3. The van der Waals surface area contributed by atoms with Gasteiger partial charge in [-0.25, -0.2) is 4.98 Å². The van der Waals surface area contributed by atoms with E-state index in [9.17, 15) is 9.59 Å². The predicted octanol–water partition coefficient (Wildman–Crippen LogP) is 4.52. The van der Waals surface area contributed by atoms with Crippen LogP contribution in [0.3, 0.4) is 0 Å². The molecule has 5 atom stereocenters. The van der Waals surface area contributed by atoms with Crippen molar-refractivity contribution >= 4 is 17.5 Å². The Morgan fingerprint density at radius 3 is 2.58 bits per heavy atom. The van der Waals surface area contributed by atoms with Gasteiger partial charge in [0.2, 0.25) is 5.91 Å². The smallest absolute Gasteiger partial charge is 0.271 e. The molecule has 7 heteroatoms. The van der Waals surface area contributed by atoms with Crippen LogP contribution in [0, 0.1) is 11.8 Å². The number of rotatable bonds is 4. The molecule has 2 aliphatic heterocycles. The van der Waals surface area contributed by atoms with Crippen molar-refractivity contribution < 1.29 is 9.59 Å². The van der Waals surface area contributed by atoms with E-state index in [1.807, 2.05) is 6.07 Å². The SMILES string of the molecule is O=C(N[C@@H]1CCCC[C@@H]1C(=O)N1CC[C@H]2[C@H](c3ccccc3)Nc3ccccc3[C@@H]21)c1cnccn1. The van der Waals surface area contributed by atoms with Crippen molar-refractivity contribution in [1.29, 1.82) is 0 Å². The maximum absolute atomic E-state index is 14.2. The van der Waals surface area contributed by atoms with Crippen LogP contribution in [0.1, 0.15) is 65.8 Å². The Morgan fingerprint density at radius 2 is 1.75 bits per heavy atom. The van der Waals surface area contributed by atoms with E-state index < -0.39 is 0 Å². The highest BCUT2D eigenvalue weighted by molar-refractivity contribution is 5.92. The largest absolute Gasteiger partial charge is 0.378 e. The summed E-state index contributed by atoms with van der Waals surface area (Å²) in [6.45, 7) is 0.731. The first-order valence-corrected chi connectivity index (χ1v) is 13.0. The van der Waals surface area contributed by atoms with E-state index in [1.165, 1.54) is 23.5 Å². The summed E-state index contributed by atoms with van der Waals surface area (Å²) < 4.78 is 0. The third-order valence-corrected chi connectivity index (χ3v) is 8.10. The quantitative estimate of drug-likeness (QED) is 0.572. The Kier molecular flexibility index (Phi) is 6.13. The number of amides is 2. The molecule has 1 saturated carbocycles. The average Bonchev–Trinajstić information content (AvgIpc) is 3.39. The van der Waals surface area contributed by atoms with Crippen molar-refractivity contribution in [2.75, 3.05) is 11.9 Å². The Balaban J connectivity index is 1.28. The summed E-state index contributed by atoms with van der Waals surface area (Å²) in [5, 5.41) is 6.88. The molecule has 0 spiro atoms. The number of anilines is 1. The van der Waals surface area contributed by atoms with Crippen LogP contribution in [0.25, 0.3) is 0 Å². The van der Waals surface area contributed by atoms with E-state index in [4.69, 9.17) is 0 Å². The highest BCUT2D eigenvalue weighted by Gasteiger charge is 2.48. The van der Waals surface area contributed by atoms with E-state index in [0.717, 1.165) is 44.3 Å². The van der Waals surface area contributed by atoms with Crippen molar-refractivity contribution in [3.63, 3.8) is 0 Å². The fourth-order valence-electron chi connectivity index (χ4n) is 6.43. The van der Waals surface area contributed by atoms with Gasteiger partial charge >= 0.3 is 0 Å². The first kappa shape index (κ1) is 22.7. The van der Waals surface area contributed by atoms with Crippen molar-refractivity contribution in [2.45, 2.75) is 50.2 Å². The third kappa shape index (κ3) is 4.12. The molecule has 184 valence electrons. The molecule has 3 aliphatic rings. The van der Waals surface area contributed by atoms with Crippen LogP contribution in [0.15, 0.2) is 73.2 Å². The molecule has 3 aromatic rings. The molecule has 2 N–H and O–H groups in total. The number of carbonyl (C=O) groups excluding carboxylic acids is 2. The van der Waals surface area contributed by atoms with Crippen LogP contribution in [-0.4, -0.2) is 39.3 Å². The number of carbonyl (C=O) groups is 2. The van der Waals surface area contributed by atoms with Crippen molar-refractivity contribution in [3.8, 4) is 0 Å². The molecule has 1 saturated heterocycles. The zero-order valence-corrected chi connectivity index (χ0v) is 20.2. The second-order valence-corrected chi connectivity index (χ2v) is 10.1. The minimum atomic E-state index is -0.261. The molecule has 3 heterocycles. The van der Waals surface area contributed by atoms with Crippen molar-refractivity contribution in [3.05, 3.63) is 90.0 Å². The monoisotopic (exact) mass is 481 g/mol. The number of nitrogens with zero attached hydrogens (tertiary/aromatic N) is 3. The first-order chi connectivity index (χ1) is 17.7. The maximum atomic E-state index is 14.2. The van der Waals surface area contributed by atoms with Crippen LogP contribution >= 0.6 is 0 Å². The summed E-state index contributed by atoms with van der Waals surface area (Å²) in [5.41, 5.74) is 3.83. The number of para-hydroxylation sites is 1. The lowest BCUT2D eigenvalue weighted by Crippen LogP contribution is -2.50. The number of nitrogens with one attached hydrogen (secondary N) is 2. The topological polar surface area (TPSA) is 87.2 Å². The molecule has 7 nitrogen and oxygen atoms in total. The molecule has 1 aromatic heterocycles. The summed E-state index contributed by atoms with van der Waals surface area (Å²) in [6.07, 6.45) is 9.07. The van der Waals surface area contributed by atoms with Crippen LogP contribution in [0.5, 0.6) is 0 Å². The fourth-order valence-corrected chi connectivity index (χ4v) is 6.43. The van der Waals surface area contributed by atoms with Gasteiger partial charge in [-0.2, -0.15) is 0 Å². The van der Waals surface area contributed by atoms with Gasteiger partial charge in [-0.15, -0.1) is 0 Å². The fraction of sp³-hybridized carbons (Fsp3) is 0.379. The average molecular weight is 482 g/mol. The van der Waals surface area contributed by atoms with E-state index in [-0.39, 0.29) is 41.6 Å². The normalized spacial score (nSPS) is 26.9. The standard InChI is InChI=1S/C29H31N5O2/c35-28(25-18-30-15-16-31-25)33-24-13-7-5-11-21(24)29(36)34-17-14-22-26(19-8-2-1-3-9-19)32-23-12-6-4-10-20(23)27(22)34/h1-4,6,8-10,12,15-16,18,21-22,24,26-27,32H,5,7,11,13-14,17H2,(H,33,35)/t21-,22-,24+,26-,27-/m0/s1. The molecule has 36 heavy (non-hydrogen) atoms. The Morgan fingerprint density at radius 1 is 0.944 bits per heavy atom. The van der Waals surface area contributed by atoms with Crippen molar-refractivity contribution in [1.82, 2.24) is 20.2 Å². The van der Waals surface area contributed by atoms with Gasteiger partial charge in [0.25, 0.3) is 5.91 Å². The van der Waals surface area contributed by atoms with E-state index in [1.54, 1.807) is 6.20 Å². The Bertz CT molecular complexity index is 1230. The molecular formula is C29H31N5O2. The number of fused-ring (bicyclic) bond motifs is 3. The summed E-state index contributed by atoms with van der Waals surface area (Å²) >= 11 is 0. The number of hydrogen-bond acceptors (Lipinski definition) is 5. The lowest BCUT2D eigenvalue weighted by Gasteiger charge is -2.42.